The summed E-state index contributed by atoms with van der Waals surface area (Å²) in [6, 6.07) is 0. The van der Waals surface area contributed by atoms with E-state index in [0.29, 0.717) is 6.20 Å². The number of alkyl halides is 3. The lowest BCUT2D eigenvalue weighted by atomic mass is 10.2. The van der Waals surface area contributed by atoms with E-state index in [1.165, 1.54) is 0 Å². The second-order valence-corrected chi connectivity index (χ2v) is 3.52. The Kier molecular flexibility index (Phi) is 5.00. The Bertz CT molecular complexity index is 538. The molecule has 1 aromatic heterocycles. The largest absolute Gasteiger partial charge is 0.573 e. The average Bonchev–Trinajstić information content (AvgIpc) is 2.32. The number of pyridine rings is 1. The van der Waals surface area contributed by atoms with Crippen LogP contribution in [-0.4, -0.2) is 31.0 Å². The summed E-state index contributed by atoms with van der Waals surface area (Å²) in [4.78, 5) is 25.4. The second-order valence-electron chi connectivity index (χ2n) is 3.52. The summed E-state index contributed by atoms with van der Waals surface area (Å²) in [6.07, 6.45) is -4.62. The van der Waals surface area contributed by atoms with E-state index >= 15 is 0 Å². The first-order valence-corrected chi connectivity index (χ1v) is 5.48. The van der Waals surface area contributed by atoms with E-state index in [4.69, 9.17) is 4.74 Å². The summed E-state index contributed by atoms with van der Waals surface area (Å²) in [5.74, 6) is -2.05. The summed E-state index contributed by atoms with van der Waals surface area (Å²) in [5.41, 5.74) is -1.10. The maximum atomic E-state index is 12.1. The van der Waals surface area contributed by atoms with Gasteiger partial charge in [0.1, 0.15) is 0 Å². The molecule has 1 N–H and O–H groups in total. The lowest BCUT2D eigenvalue weighted by Crippen LogP contribution is -2.23. The third-order valence-electron chi connectivity index (χ3n) is 2.14. The molecule has 112 valence electrons. The number of hydrogen-bond donors (Lipinski definition) is 1. The minimum absolute atomic E-state index is 0.00507. The van der Waals surface area contributed by atoms with Gasteiger partial charge in [0.15, 0.2) is 11.5 Å². The monoisotopic (exact) mass is 295 g/mol. The molecule has 0 aliphatic rings. The zero-order valence-corrected chi connectivity index (χ0v) is 10.7. The number of carbonyl (C=O) groups is 1. The van der Waals surface area contributed by atoms with E-state index in [-0.39, 0.29) is 18.7 Å². The van der Waals surface area contributed by atoms with Crippen molar-refractivity contribution in [3.05, 3.63) is 22.1 Å². The van der Waals surface area contributed by atoms with Crippen molar-refractivity contribution in [1.82, 2.24) is 4.98 Å². The molecule has 1 heterocycles. The quantitative estimate of drug-likeness (QED) is 0.831. The average molecular weight is 295 g/mol. The van der Waals surface area contributed by atoms with Gasteiger partial charge in [-0.25, -0.2) is 0 Å². The Labute approximate surface area is 111 Å². The molecule has 0 bridgehead atoms. The van der Waals surface area contributed by atoms with Crippen LogP contribution in [0.4, 0.5) is 13.2 Å². The molecule has 0 aromatic carbocycles. The Morgan fingerprint density at radius 1 is 1.40 bits per heavy atom. The number of aromatic amines is 1. The molecular weight excluding hydrogens is 283 g/mol. The minimum Gasteiger partial charge on any atom is -0.491 e. The van der Waals surface area contributed by atoms with Crippen molar-refractivity contribution in [3.63, 3.8) is 0 Å². The summed E-state index contributed by atoms with van der Waals surface area (Å²) in [6.45, 7) is 1.73. The van der Waals surface area contributed by atoms with Crippen LogP contribution in [0.2, 0.25) is 0 Å². The van der Waals surface area contributed by atoms with Gasteiger partial charge in [-0.3, -0.25) is 9.59 Å². The molecule has 6 nitrogen and oxygen atoms in total. The molecule has 20 heavy (non-hydrogen) atoms. The maximum absolute atomic E-state index is 12.1. The minimum atomic E-state index is -5.00. The Morgan fingerprint density at radius 2 is 2.05 bits per heavy atom. The zero-order valence-electron chi connectivity index (χ0n) is 10.7. The topological polar surface area (TPSA) is 77.6 Å². The van der Waals surface area contributed by atoms with Crippen molar-refractivity contribution < 1.29 is 32.2 Å². The molecule has 0 radical (unpaired) electrons. The van der Waals surface area contributed by atoms with Gasteiger partial charge in [0.25, 0.3) is 5.43 Å². The van der Waals surface area contributed by atoms with Gasteiger partial charge in [0, 0.05) is 6.20 Å². The third kappa shape index (κ3) is 4.18. The number of H-pyrrole nitrogens is 1. The van der Waals surface area contributed by atoms with Gasteiger partial charge in [0.2, 0.25) is 0 Å². The predicted molar refractivity (Wildman–Crippen MR) is 60.6 cm³/mol. The predicted octanol–water partition coefficient (Wildman–Crippen LogP) is 1.39. The number of esters is 1. The Morgan fingerprint density at radius 3 is 2.55 bits per heavy atom. The van der Waals surface area contributed by atoms with Gasteiger partial charge in [-0.05, 0) is 6.92 Å². The SMILES string of the molecule is CCOC(=O)Cc1[nH]cc(OC(F)(F)F)c(=O)c1OC. The smallest absolute Gasteiger partial charge is 0.491 e. The van der Waals surface area contributed by atoms with E-state index in [0.717, 1.165) is 7.11 Å². The molecule has 1 rings (SSSR count). The van der Waals surface area contributed by atoms with Crippen LogP contribution in [0, 0.1) is 0 Å². The van der Waals surface area contributed by atoms with Crippen LogP contribution >= 0.6 is 0 Å². The van der Waals surface area contributed by atoms with Gasteiger partial charge in [-0.1, -0.05) is 0 Å². The highest BCUT2D eigenvalue weighted by molar-refractivity contribution is 5.72. The molecule has 9 heteroatoms. The molecular formula is C11H12F3NO5. The molecule has 0 saturated carbocycles. The van der Waals surface area contributed by atoms with Crippen LogP contribution in [0.25, 0.3) is 0 Å². The van der Waals surface area contributed by atoms with Gasteiger partial charge in [-0.2, -0.15) is 0 Å². The molecule has 1 aromatic rings. The summed E-state index contributed by atoms with van der Waals surface area (Å²) >= 11 is 0. The summed E-state index contributed by atoms with van der Waals surface area (Å²) < 4.78 is 49.2. The van der Waals surface area contributed by atoms with Gasteiger partial charge in [-0.15, -0.1) is 13.2 Å². The molecule has 0 spiro atoms. The molecule has 0 atom stereocenters. The molecule has 0 aliphatic heterocycles. The number of nitrogens with one attached hydrogen (secondary N) is 1. The highest BCUT2D eigenvalue weighted by Crippen LogP contribution is 2.22. The Hall–Kier alpha value is -2.19. The highest BCUT2D eigenvalue weighted by atomic mass is 19.4. The number of ether oxygens (including phenoxy) is 3. The molecule has 0 saturated heterocycles. The van der Waals surface area contributed by atoms with Gasteiger partial charge in [0.05, 0.1) is 25.8 Å². The molecule has 0 amide bonds. The van der Waals surface area contributed by atoms with Crippen LogP contribution in [-0.2, 0) is 16.0 Å². The lowest BCUT2D eigenvalue weighted by molar-refractivity contribution is -0.275. The van der Waals surface area contributed by atoms with Gasteiger partial charge >= 0.3 is 12.3 Å². The first-order chi connectivity index (χ1) is 9.28. The number of rotatable bonds is 5. The second kappa shape index (κ2) is 6.31. The number of methoxy groups -OCH3 is 1. The summed E-state index contributed by atoms with van der Waals surface area (Å²) in [5, 5.41) is 0. The highest BCUT2D eigenvalue weighted by Gasteiger charge is 2.33. The van der Waals surface area contributed by atoms with Crippen molar-refractivity contribution >= 4 is 5.97 Å². The van der Waals surface area contributed by atoms with E-state index in [2.05, 4.69) is 14.5 Å². The molecule has 0 fully saturated rings. The van der Waals surface area contributed by atoms with Crippen molar-refractivity contribution in [3.8, 4) is 11.5 Å². The fourth-order valence-electron chi connectivity index (χ4n) is 1.44. The maximum Gasteiger partial charge on any atom is 0.573 e. The van der Waals surface area contributed by atoms with Crippen molar-refractivity contribution in [2.24, 2.45) is 0 Å². The van der Waals surface area contributed by atoms with Crippen LogP contribution in [0.15, 0.2) is 11.0 Å². The van der Waals surface area contributed by atoms with Gasteiger partial charge < -0.3 is 19.2 Å². The fourth-order valence-corrected chi connectivity index (χ4v) is 1.44. The van der Waals surface area contributed by atoms with Crippen molar-refractivity contribution in [1.29, 1.82) is 0 Å². The number of halogens is 3. The molecule has 0 aliphatic carbocycles. The fraction of sp³-hybridized carbons (Fsp3) is 0.455. The standard InChI is InChI=1S/C11H12F3NO5/c1-3-19-8(16)4-6-10(18-2)9(17)7(5-15-6)20-11(12,13)14/h5H,3-4H2,1-2H3,(H,15,17). The van der Waals surface area contributed by atoms with E-state index in [1.54, 1.807) is 6.92 Å². The van der Waals surface area contributed by atoms with Crippen molar-refractivity contribution in [2.75, 3.05) is 13.7 Å². The van der Waals surface area contributed by atoms with Crippen LogP contribution < -0.4 is 14.9 Å². The lowest BCUT2D eigenvalue weighted by Gasteiger charge is -2.11. The van der Waals surface area contributed by atoms with E-state index < -0.39 is 29.3 Å². The summed E-state index contributed by atoms with van der Waals surface area (Å²) in [7, 11) is 1.09. The first-order valence-electron chi connectivity index (χ1n) is 5.48. The normalized spacial score (nSPS) is 11.1. The van der Waals surface area contributed by atoms with Crippen LogP contribution in [0.3, 0.4) is 0 Å². The Balaban J connectivity index is 3.09. The third-order valence-corrected chi connectivity index (χ3v) is 2.14. The number of carbonyl (C=O) groups excluding carboxylic acids is 1. The zero-order chi connectivity index (χ0) is 15.3. The van der Waals surface area contributed by atoms with Crippen LogP contribution in [0.1, 0.15) is 12.6 Å². The van der Waals surface area contributed by atoms with Crippen molar-refractivity contribution in [2.45, 2.75) is 19.7 Å². The molecule has 0 unspecified atom stereocenters. The van der Waals surface area contributed by atoms with E-state index in [1.807, 2.05) is 0 Å². The first kappa shape index (κ1) is 15.9. The number of hydrogen-bond acceptors (Lipinski definition) is 5. The van der Waals surface area contributed by atoms with E-state index in [9.17, 15) is 22.8 Å². The number of aromatic nitrogens is 1. The van der Waals surface area contributed by atoms with Crippen LogP contribution in [0.5, 0.6) is 11.5 Å².